The molecular formula is C13H23N3O2. The molecular weight excluding hydrogens is 230 g/mol. The molecule has 18 heavy (non-hydrogen) atoms. The maximum Gasteiger partial charge on any atom is 0.222 e. The predicted octanol–water partition coefficient (Wildman–Crippen LogP) is 0.890. The molecule has 0 aromatic carbocycles. The number of aromatic nitrogens is 2. The van der Waals surface area contributed by atoms with Gasteiger partial charge in [0.1, 0.15) is 0 Å². The Labute approximate surface area is 108 Å². The van der Waals surface area contributed by atoms with E-state index >= 15 is 0 Å². The molecule has 5 nitrogen and oxygen atoms in total. The number of rotatable bonds is 5. The summed E-state index contributed by atoms with van der Waals surface area (Å²) < 4.78 is 1.76. The molecule has 0 aliphatic heterocycles. The quantitative estimate of drug-likeness (QED) is 0.848. The first-order valence-corrected chi connectivity index (χ1v) is 6.14. The molecule has 0 saturated heterocycles. The average molecular weight is 253 g/mol. The van der Waals surface area contributed by atoms with E-state index < -0.39 is 5.60 Å². The lowest BCUT2D eigenvalue weighted by atomic mass is 10.1. The van der Waals surface area contributed by atoms with Gasteiger partial charge in [-0.3, -0.25) is 9.48 Å². The Balaban J connectivity index is 2.48. The van der Waals surface area contributed by atoms with E-state index in [0.717, 1.165) is 11.3 Å². The molecule has 0 saturated carbocycles. The number of aryl methyl sites for hydroxylation is 3. The van der Waals surface area contributed by atoms with Crippen LogP contribution in [0.1, 0.15) is 31.5 Å². The molecule has 1 amide bonds. The zero-order valence-corrected chi connectivity index (χ0v) is 11.9. The summed E-state index contributed by atoms with van der Waals surface area (Å²) >= 11 is 0. The molecule has 1 N–H and O–H groups in total. The van der Waals surface area contributed by atoms with Crippen molar-refractivity contribution in [2.75, 3.05) is 13.6 Å². The fourth-order valence-corrected chi connectivity index (χ4v) is 2.00. The molecule has 1 aromatic rings. The highest BCUT2D eigenvalue weighted by atomic mass is 16.3. The predicted molar refractivity (Wildman–Crippen MR) is 70.2 cm³/mol. The first-order valence-electron chi connectivity index (χ1n) is 6.14. The van der Waals surface area contributed by atoms with Gasteiger partial charge in [0.05, 0.1) is 11.3 Å². The minimum Gasteiger partial charge on any atom is -0.389 e. The van der Waals surface area contributed by atoms with E-state index in [-0.39, 0.29) is 5.91 Å². The maximum absolute atomic E-state index is 11.9. The Morgan fingerprint density at radius 3 is 2.61 bits per heavy atom. The molecule has 1 rings (SSSR count). The number of hydrogen-bond donors (Lipinski definition) is 1. The van der Waals surface area contributed by atoms with E-state index in [0.29, 0.717) is 19.4 Å². The molecule has 1 aromatic heterocycles. The fraction of sp³-hybridized carbons (Fsp3) is 0.692. The zero-order chi connectivity index (χ0) is 13.9. The number of carbonyl (C=O) groups is 1. The zero-order valence-electron chi connectivity index (χ0n) is 11.9. The van der Waals surface area contributed by atoms with E-state index in [2.05, 4.69) is 5.10 Å². The standard InChI is InChI=1S/C13H23N3O2/c1-10-11(8-16(5)14-10)6-7-12(17)15(4)9-13(2,3)18/h8,18H,6-7,9H2,1-5H3. The van der Waals surface area contributed by atoms with Crippen LogP contribution < -0.4 is 0 Å². The largest absolute Gasteiger partial charge is 0.389 e. The highest BCUT2D eigenvalue weighted by Gasteiger charge is 2.19. The third-order valence-electron chi connectivity index (χ3n) is 2.77. The maximum atomic E-state index is 11.9. The van der Waals surface area contributed by atoms with Crippen LogP contribution >= 0.6 is 0 Å². The van der Waals surface area contributed by atoms with Crippen LogP contribution in [0.15, 0.2) is 6.20 Å². The second-order valence-corrected chi connectivity index (χ2v) is 5.48. The molecule has 102 valence electrons. The summed E-state index contributed by atoms with van der Waals surface area (Å²) in [5.41, 5.74) is 1.21. The summed E-state index contributed by atoms with van der Waals surface area (Å²) in [6.07, 6.45) is 3.08. The number of hydrogen-bond acceptors (Lipinski definition) is 3. The molecule has 5 heteroatoms. The van der Waals surface area contributed by atoms with Gasteiger partial charge in [0.25, 0.3) is 0 Å². The second kappa shape index (κ2) is 5.52. The van der Waals surface area contributed by atoms with Gasteiger partial charge in [0.2, 0.25) is 5.91 Å². The first kappa shape index (κ1) is 14.7. The van der Waals surface area contributed by atoms with Gasteiger partial charge in [-0.15, -0.1) is 0 Å². The van der Waals surface area contributed by atoms with Crippen molar-refractivity contribution in [2.24, 2.45) is 7.05 Å². The smallest absolute Gasteiger partial charge is 0.222 e. The minimum atomic E-state index is -0.853. The molecule has 0 bridgehead atoms. The Kier molecular flexibility index (Phi) is 4.51. The van der Waals surface area contributed by atoms with Crippen molar-refractivity contribution in [1.82, 2.24) is 14.7 Å². The van der Waals surface area contributed by atoms with Crippen molar-refractivity contribution >= 4 is 5.91 Å². The lowest BCUT2D eigenvalue weighted by Crippen LogP contribution is -2.39. The molecule has 0 aliphatic carbocycles. The lowest BCUT2D eigenvalue weighted by Gasteiger charge is -2.25. The molecule has 0 fully saturated rings. The van der Waals surface area contributed by atoms with Crippen molar-refractivity contribution in [2.45, 2.75) is 39.2 Å². The van der Waals surface area contributed by atoms with Gasteiger partial charge in [0, 0.05) is 33.3 Å². The van der Waals surface area contributed by atoms with E-state index in [1.54, 1.807) is 30.5 Å². The number of nitrogens with zero attached hydrogens (tertiary/aromatic N) is 3. The fourth-order valence-electron chi connectivity index (χ4n) is 2.00. The Morgan fingerprint density at radius 2 is 2.17 bits per heavy atom. The first-order chi connectivity index (χ1) is 8.19. The van der Waals surface area contributed by atoms with Gasteiger partial charge in [0.15, 0.2) is 0 Å². The SMILES string of the molecule is Cc1nn(C)cc1CCC(=O)N(C)CC(C)(C)O. The van der Waals surface area contributed by atoms with Gasteiger partial charge >= 0.3 is 0 Å². The number of carbonyl (C=O) groups excluding carboxylic acids is 1. The number of amides is 1. The summed E-state index contributed by atoms with van der Waals surface area (Å²) in [4.78, 5) is 13.5. The monoisotopic (exact) mass is 253 g/mol. The highest BCUT2D eigenvalue weighted by molar-refractivity contribution is 5.76. The topological polar surface area (TPSA) is 58.4 Å². The molecule has 0 spiro atoms. The highest BCUT2D eigenvalue weighted by Crippen LogP contribution is 2.10. The minimum absolute atomic E-state index is 0.0420. The van der Waals surface area contributed by atoms with Crippen LogP contribution in [-0.2, 0) is 18.3 Å². The third-order valence-corrected chi connectivity index (χ3v) is 2.77. The van der Waals surface area contributed by atoms with Crippen LogP contribution in [0, 0.1) is 6.92 Å². The molecule has 0 unspecified atom stereocenters. The van der Waals surface area contributed by atoms with Crippen LogP contribution in [0.5, 0.6) is 0 Å². The van der Waals surface area contributed by atoms with Gasteiger partial charge < -0.3 is 10.0 Å². The van der Waals surface area contributed by atoms with Crippen LogP contribution in [0.4, 0.5) is 0 Å². The normalized spacial score (nSPS) is 11.7. The van der Waals surface area contributed by atoms with E-state index in [1.807, 2.05) is 20.2 Å². The van der Waals surface area contributed by atoms with Gasteiger partial charge in [-0.1, -0.05) is 0 Å². The van der Waals surface area contributed by atoms with Crippen LogP contribution in [0.25, 0.3) is 0 Å². The molecule has 1 heterocycles. The van der Waals surface area contributed by atoms with Crippen molar-refractivity contribution in [3.8, 4) is 0 Å². The number of aliphatic hydroxyl groups is 1. The Hall–Kier alpha value is -1.36. The van der Waals surface area contributed by atoms with Crippen molar-refractivity contribution in [3.05, 3.63) is 17.5 Å². The second-order valence-electron chi connectivity index (χ2n) is 5.48. The van der Waals surface area contributed by atoms with Crippen molar-refractivity contribution < 1.29 is 9.90 Å². The summed E-state index contributed by atoms with van der Waals surface area (Å²) in [7, 11) is 3.59. The van der Waals surface area contributed by atoms with Gasteiger partial charge in [-0.2, -0.15) is 5.10 Å². The molecule has 0 atom stereocenters. The van der Waals surface area contributed by atoms with E-state index in [1.165, 1.54) is 0 Å². The Morgan fingerprint density at radius 1 is 1.56 bits per heavy atom. The molecule has 0 aliphatic rings. The van der Waals surface area contributed by atoms with E-state index in [9.17, 15) is 9.90 Å². The summed E-state index contributed by atoms with van der Waals surface area (Å²) in [6.45, 7) is 5.68. The molecule has 0 radical (unpaired) electrons. The summed E-state index contributed by atoms with van der Waals surface area (Å²) in [5, 5.41) is 13.9. The van der Waals surface area contributed by atoms with Crippen molar-refractivity contribution in [3.63, 3.8) is 0 Å². The number of likely N-dealkylation sites (N-methyl/N-ethyl adjacent to an activating group) is 1. The summed E-state index contributed by atoms with van der Waals surface area (Å²) in [5.74, 6) is 0.0420. The summed E-state index contributed by atoms with van der Waals surface area (Å²) in [6, 6.07) is 0. The van der Waals surface area contributed by atoms with Crippen LogP contribution in [0.2, 0.25) is 0 Å². The van der Waals surface area contributed by atoms with Gasteiger partial charge in [-0.25, -0.2) is 0 Å². The van der Waals surface area contributed by atoms with Crippen LogP contribution in [-0.4, -0.2) is 44.9 Å². The van der Waals surface area contributed by atoms with Crippen molar-refractivity contribution in [1.29, 1.82) is 0 Å². The van der Waals surface area contributed by atoms with E-state index in [4.69, 9.17) is 0 Å². The van der Waals surface area contributed by atoms with Crippen LogP contribution in [0.3, 0.4) is 0 Å². The Bertz CT molecular complexity index is 418. The average Bonchev–Trinajstić information content (AvgIpc) is 2.51. The third kappa shape index (κ3) is 4.49. The lowest BCUT2D eigenvalue weighted by molar-refractivity contribution is -0.132. The van der Waals surface area contributed by atoms with Gasteiger partial charge in [-0.05, 0) is 32.8 Å².